The van der Waals surface area contributed by atoms with Gasteiger partial charge in [-0.1, -0.05) is 6.07 Å². The predicted octanol–water partition coefficient (Wildman–Crippen LogP) is 1.46. The van der Waals surface area contributed by atoms with Gasteiger partial charge in [-0.05, 0) is 43.1 Å². The number of thiophene rings is 1. The third kappa shape index (κ3) is 6.09. The molecule has 116 valence electrons. The van der Waals surface area contributed by atoms with Gasteiger partial charge in [0.1, 0.15) is 0 Å². The molecule has 2 rings (SSSR count). The maximum absolute atomic E-state index is 11.8. The number of nitrogens with zero attached hydrogens (tertiary/aromatic N) is 1. The topological polar surface area (TPSA) is 53.6 Å². The van der Waals surface area contributed by atoms with Crippen LogP contribution in [0.3, 0.4) is 0 Å². The number of thiocarbonyl (C=S) groups is 1. The average molecular weight is 327 g/mol. The Kier molecular flexibility index (Phi) is 7.08. The van der Waals surface area contributed by atoms with Gasteiger partial charge < -0.3 is 10.1 Å². The minimum Gasteiger partial charge on any atom is -0.379 e. The summed E-state index contributed by atoms with van der Waals surface area (Å²) in [5.41, 5.74) is 0. The molecule has 1 fully saturated rings. The lowest BCUT2D eigenvalue weighted by Gasteiger charge is -2.26. The van der Waals surface area contributed by atoms with Crippen molar-refractivity contribution in [3.8, 4) is 0 Å². The van der Waals surface area contributed by atoms with Gasteiger partial charge in [0, 0.05) is 19.6 Å². The zero-order chi connectivity index (χ0) is 14.9. The van der Waals surface area contributed by atoms with Crippen molar-refractivity contribution in [3.05, 3.63) is 22.4 Å². The summed E-state index contributed by atoms with van der Waals surface area (Å²) in [5.74, 6) is -0.143. The van der Waals surface area contributed by atoms with Crippen LogP contribution in [0.4, 0.5) is 0 Å². The van der Waals surface area contributed by atoms with Crippen LogP contribution >= 0.6 is 23.6 Å². The molecule has 21 heavy (non-hydrogen) atoms. The first-order chi connectivity index (χ1) is 10.3. The highest BCUT2D eigenvalue weighted by atomic mass is 32.1. The van der Waals surface area contributed by atoms with Gasteiger partial charge in [0.2, 0.25) is 0 Å². The van der Waals surface area contributed by atoms with Crippen molar-refractivity contribution in [2.24, 2.45) is 0 Å². The molecule has 1 amide bonds. The van der Waals surface area contributed by atoms with E-state index in [0.29, 0.717) is 9.99 Å². The summed E-state index contributed by atoms with van der Waals surface area (Å²) in [7, 11) is 0. The number of ether oxygens (including phenoxy) is 1. The van der Waals surface area contributed by atoms with Crippen LogP contribution in [0.2, 0.25) is 0 Å². The molecule has 0 spiro atoms. The van der Waals surface area contributed by atoms with Gasteiger partial charge >= 0.3 is 0 Å². The van der Waals surface area contributed by atoms with Crippen molar-refractivity contribution in [2.45, 2.75) is 12.8 Å². The molecule has 1 aliphatic heterocycles. The maximum atomic E-state index is 11.8. The van der Waals surface area contributed by atoms with Gasteiger partial charge in [-0.2, -0.15) is 0 Å². The number of morpholine rings is 1. The molecule has 0 bridgehead atoms. The molecular weight excluding hydrogens is 306 g/mol. The number of amides is 1. The molecule has 0 atom stereocenters. The average Bonchev–Trinajstić information content (AvgIpc) is 3.02. The van der Waals surface area contributed by atoms with Crippen LogP contribution in [0.25, 0.3) is 0 Å². The second-order valence-electron chi connectivity index (χ2n) is 4.85. The standard InChI is InChI=1S/C14H21N3O2S2/c18-13(12-4-3-11-21-12)16-14(20)15-5-1-2-6-17-7-9-19-10-8-17/h3-4,11H,1-2,5-10H2,(H2,15,16,18,20). The summed E-state index contributed by atoms with van der Waals surface area (Å²) in [6.07, 6.45) is 2.15. The van der Waals surface area contributed by atoms with Crippen LogP contribution in [0.1, 0.15) is 22.5 Å². The molecule has 0 aliphatic carbocycles. The molecule has 0 radical (unpaired) electrons. The molecule has 0 unspecified atom stereocenters. The Morgan fingerprint density at radius 2 is 2.19 bits per heavy atom. The number of unbranched alkanes of at least 4 members (excludes halogenated alkanes) is 1. The summed E-state index contributed by atoms with van der Waals surface area (Å²) in [6, 6.07) is 3.63. The second kappa shape index (κ2) is 9.09. The van der Waals surface area contributed by atoms with Crippen LogP contribution in [-0.4, -0.2) is 55.3 Å². The molecule has 7 heteroatoms. The van der Waals surface area contributed by atoms with E-state index in [0.717, 1.165) is 52.2 Å². The van der Waals surface area contributed by atoms with E-state index in [4.69, 9.17) is 17.0 Å². The summed E-state index contributed by atoms with van der Waals surface area (Å²) < 4.78 is 5.32. The fourth-order valence-electron chi connectivity index (χ4n) is 2.10. The van der Waals surface area contributed by atoms with Crippen molar-refractivity contribution >= 4 is 34.6 Å². The Balaban J connectivity index is 1.52. The van der Waals surface area contributed by atoms with Crippen LogP contribution in [0.15, 0.2) is 17.5 Å². The van der Waals surface area contributed by atoms with E-state index in [1.807, 2.05) is 11.4 Å². The normalized spacial score (nSPS) is 15.6. The molecular formula is C14H21N3O2S2. The Bertz CT molecular complexity index is 445. The zero-order valence-corrected chi connectivity index (χ0v) is 13.6. The van der Waals surface area contributed by atoms with Gasteiger partial charge in [-0.15, -0.1) is 11.3 Å². The molecule has 1 saturated heterocycles. The lowest BCUT2D eigenvalue weighted by molar-refractivity contribution is 0.0372. The molecule has 2 heterocycles. The molecule has 2 N–H and O–H groups in total. The van der Waals surface area contributed by atoms with Crippen molar-refractivity contribution in [1.29, 1.82) is 0 Å². The Labute approximate surface area is 134 Å². The lowest BCUT2D eigenvalue weighted by atomic mass is 10.3. The van der Waals surface area contributed by atoms with Gasteiger partial charge in [0.05, 0.1) is 18.1 Å². The number of hydrogen-bond acceptors (Lipinski definition) is 5. The van der Waals surface area contributed by atoms with Crippen molar-refractivity contribution in [1.82, 2.24) is 15.5 Å². The lowest BCUT2D eigenvalue weighted by Crippen LogP contribution is -2.40. The third-order valence-corrected chi connectivity index (χ3v) is 4.38. The van der Waals surface area contributed by atoms with Crippen LogP contribution < -0.4 is 10.6 Å². The highest BCUT2D eigenvalue weighted by molar-refractivity contribution is 7.80. The van der Waals surface area contributed by atoms with E-state index in [2.05, 4.69) is 15.5 Å². The number of carbonyl (C=O) groups excluding carboxylic acids is 1. The van der Waals surface area contributed by atoms with Crippen LogP contribution in [0, 0.1) is 0 Å². The SMILES string of the molecule is O=C(NC(=S)NCCCCN1CCOCC1)c1cccs1. The minimum atomic E-state index is -0.143. The Morgan fingerprint density at radius 1 is 1.38 bits per heavy atom. The van der Waals surface area contributed by atoms with E-state index in [-0.39, 0.29) is 5.91 Å². The highest BCUT2D eigenvalue weighted by Gasteiger charge is 2.10. The number of hydrogen-bond donors (Lipinski definition) is 2. The van der Waals surface area contributed by atoms with Crippen LogP contribution in [0.5, 0.6) is 0 Å². The quantitative estimate of drug-likeness (QED) is 0.612. The Hall–Kier alpha value is -1.02. The molecule has 0 saturated carbocycles. The first kappa shape index (κ1) is 16.4. The molecule has 5 nitrogen and oxygen atoms in total. The summed E-state index contributed by atoms with van der Waals surface area (Å²) in [4.78, 5) is 14.9. The largest absolute Gasteiger partial charge is 0.379 e. The van der Waals surface area contributed by atoms with Crippen molar-refractivity contribution in [3.63, 3.8) is 0 Å². The van der Waals surface area contributed by atoms with E-state index < -0.39 is 0 Å². The van der Waals surface area contributed by atoms with Gasteiger partial charge in [0.15, 0.2) is 5.11 Å². The minimum absolute atomic E-state index is 0.143. The summed E-state index contributed by atoms with van der Waals surface area (Å²) in [6.45, 7) is 5.63. The van der Waals surface area contributed by atoms with Crippen LogP contribution in [-0.2, 0) is 4.74 Å². The third-order valence-electron chi connectivity index (χ3n) is 3.26. The predicted molar refractivity (Wildman–Crippen MR) is 88.9 cm³/mol. The maximum Gasteiger partial charge on any atom is 0.267 e. The van der Waals surface area contributed by atoms with Gasteiger partial charge in [-0.25, -0.2) is 0 Å². The highest BCUT2D eigenvalue weighted by Crippen LogP contribution is 2.07. The second-order valence-corrected chi connectivity index (χ2v) is 6.20. The monoisotopic (exact) mass is 327 g/mol. The van der Waals surface area contributed by atoms with E-state index in [9.17, 15) is 4.79 Å². The first-order valence-electron chi connectivity index (χ1n) is 7.18. The van der Waals surface area contributed by atoms with Gasteiger partial charge in [-0.3, -0.25) is 15.0 Å². The molecule has 1 aromatic heterocycles. The van der Waals surface area contributed by atoms with E-state index in [1.54, 1.807) is 6.07 Å². The summed E-state index contributed by atoms with van der Waals surface area (Å²) in [5, 5.41) is 8.04. The fourth-order valence-corrected chi connectivity index (χ4v) is 2.92. The van der Waals surface area contributed by atoms with Crippen molar-refractivity contribution < 1.29 is 9.53 Å². The zero-order valence-electron chi connectivity index (χ0n) is 12.0. The molecule has 1 aliphatic rings. The van der Waals surface area contributed by atoms with E-state index >= 15 is 0 Å². The number of carbonyl (C=O) groups is 1. The van der Waals surface area contributed by atoms with Crippen molar-refractivity contribution in [2.75, 3.05) is 39.4 Å². The fraction of sp³-hybridized carbons (Fsp3) is 0.571. The molecule has 1 aromatic rings. The summed E-state index contributed by atoms with van der Waals surface area (Å²) >= 11 is 6.52. The first-order valence-corrected chi connectivity index (χ1v) is 8.47. The number of nitrogens with one attached hydrogen (secondary N) is 2. The van der Waals surface area contributed by atoms with Gasteiger partial charge in [0.25, 0.3) is 5.91 Å². The molecule has 0 aromatic carbocycles. The smallest absolute Gasteiger partial charge is 0.267 e. The Morgan fingerprint density at radius 3 is 2.90 bits per heavy atom. The number of rotatable bonds is 6. The van der Waals surface area contributed by atoms with E-state index in [1.165, 1.54) is 11.3 Å².